The predicted molar refractivity (Wildman–Crippen MR) is 70.4 cm³/mol. The number of nitrogens with two attached hydrogens (primary N) is 1. The Morgan fingerprint density at radius 1 is 1.44 bits per heavy atom. The lowest BCUT2D eigenvalue weighted by atomic mass is 10.0. The highest BCUT2D eigenvalue weighted by Crippen LogP contribution is 2.19. The van der Waals surface area contributed by atoms with E-state index in [-0.39, 0.29) is 12.0 Å². The zero-order valence-corrected chi connectivity index (χ0v) is 10.8. The summed E-state index contributed by atoms with van der Waals surface area (Å²) in [7, 11) is 1.84. The number of hydrogen-bond acceptors (Lipinski definition) is 4. The van der Waals surface area contributed by atoms with Crippen LogP contribution in [-0.2, 0) is 4.79 Å². The summed E-state index contributed by atoms with van der Waals surface area (Å²) in [5, 5.41) is 9.30. The van der Waals surface area contributed by atoms with E-state index in [4.69, 9.17) is 5.84 Å². The summed E-state index contributed by atoms with van der Waals surface area (Å²) < 4.78 is 0. The molecule has 0 aliphatic heterocycles. The van der Waals surface area contributed by atoms with Crippen molar-refractivity contribution in [2.24, 2.45) is 5.84 Å². The van der Waals surface area contributed by atoms with Crippen molar-refractivity contribution < 1.29 is 9.90 Å². The molecular formula is C13H21N3O2. The number of benzene rings is 1. The van der Waals surface area contributed by atoms with Crippen LogP contribution < -0.4 is 11.3 Å². The maximum Gasteiger partial charge on any atom is 0.255 e. The molecule has 0 bridgehead atoms. The van der Waals surface area contributed by atoms with Gasteiger partial charge in [0.15, 0.2) is 0 Å². The number of likely N-dealkylation sites (N-methyl/N-ethyl adjacent to an activating group) is 1. The molecule has 1 rings (SSSR count). The summed E-state index contributed by atoms with van der Waals surface area (Å²) in [4.78, 5) is 13.7. The van der Waals surface area contributed by atoms with Crippen molar-refractivity contribution in [3.8, 4) is 0 Å². The molecule has 2 unspecified atom stereocenters. The molecule has 1 aromatic carbocycles. The minimum absolute atomic E-state index is 0.255. The van der Waals surface area contributed by atoms with Crippen LogP contribution in [0.5, 0.6) is 0 Å². The summed E-state index contributed by atoms with van der Waals surface area (Å²) in [5.74, 6) is 4.97. The Morgan fingerprint density at radius 2 is 2.06 bits per heavy atom. The second-order valence-electron chi connectivity index (χ2n) is 4.44. The van der Waals surface area contributed by atoms with Crippen LogP contribution in [-0.4, -0.2) is 35.6 Å². The molecule has 1 aromatic rings. The lowest BCUT2D eigenvalue weighted by Gasteiger charge is -2.27. The summed E-state index contributed by atoms with van der Waals surface area (Å²) >= 11 is 0. The second-order valence-corrected chi connectivity index (χ2v) is 4.44. The minimum atomic E-state index is -0.435. The van der Waals surface area contributed by atoms with Crippen LogP contribution in [0.2, 0.25) is 0 Å². The molecule has 0 aliphatic carbocycles. The third kappa shape index (κ3) is 4.10. The summed E-state index contributed by atoms with van der Waals surface area (Å²) in [6, 6.07) is 9.01. The molecule has 0 aliphatic rings. The highest BCUT2D eigenvalue weighted by Gasteiger charge is 2.24. The van der Waals surface area contributed by atoms with E-state index in [9.17, 15) is 9.90 Å². The van der Waals surface area contributed by atoms with Crippen molar-refractivity contribution in [2.45, 2.75) is 25.5 Å². The van der Waals surface area contributed by atoms with Crippen LogP contribution in [0, 0.1) is 0 Å². The number of aliphatic hydroxyl groups excluding tert-OH is 1. The van der Waals surface area contributed by atoms with E-state index in [1.165, 1.54) is 0 Å². The average molecular weight is 251 g/mol. The summed E-state index contributed by atoms with van der Waals surface area (Å²) in [6.45, 7) is 2.35. The minimum Gasteiger partial charge on any atom is -0.393 e. The van der Waals surface area contributed by atoms with E-state index in [0.29, 0.717) is 13.0 Å². The maximum atomic E-state index is 11.9. The molecule has 0 fully saturated rings. The number of rotatable bonds is 6. The van der Waals surface area contributed by atoms with Gasteiger partial charge in [0.1, 0.15) is 6.04 Å². The van der Waals surface area contributed by atoms with E-state index < -0.39 is 6.04 Å². The topological polar surface area (TPSA) is 78.6 Å². The molecule has 18 heavy (non-hydrogen) atoms. The van der Waals surface area contributed by atoms with Gasteiger partial charge in [0.05, 0.1) is 6.10 Å². The summed E-state index contributed by atoms with van der Waals surface area (Å²) in [6.07, 6.45) is 0.224. The number of hydrazine groups is 1. The fourth-order valence-electron chi connectivity index (χ4n) is 1.84. The van der Waals surface area contributed by atoms with Crippen LogP contribution in [0.4, 0.5) is 0 Å². The van der Waals surface area contributed by atoms with Gasteiger partial charge in [-0.05, 0) is 26.0 Å². The van der Waals surface area contributed by atoms with Crippen molar-refractivity contribution in [1.29, 1.82) is 0 Å². The monoisotopic (exact) mass is 251 g/mol. The average Bonchev–Trinajstić information content (AvgIpc) is 2.37. The predicted octanol–water partition coefficient (Wildman–Crippen LogP) is 0.420. The Morgan fingerprint density at radius 3 is 2.56 bits per heavy atom. The van der Waals surface area contributed by atoms with Crippen molar-refractivity contribution in [2.75, 3.05) is 13.6 Å². The highest BCUT2D eigenvalue weighted by molar-refractivity contribution is 5.82. The Labute approximate surface area is 108 Å². The number of carbonyl (C=O) groups excluding carboxylic acids is 1. The van der Waals surface area contributed by atoms with Crippen LogP contribution in [0.3, 0.4) is 0 Å². The van der Waals surface area contributed by atoms with Crippen molar-refractivity contribution >= 4 is 5.91 Å². The normalized spacial score (nSPS) is 14.3. The fraction of sp³-hybridized carbons (Fsp3) is 0.462. The van der Waals surface area contributed by atoms with Crippen LogP contribution in [0.25, 0.3) is 0 Å². The quantitative estimate of drug-likeness (QED) is 0.389. The number of hydrogen-bond donors (Lipinski definition) is 3. The highest BCUT2D eigenvalue weighted by atomic mass is 16.3. The lowest BCUT2D eigenvalue weighted by Crippen LogP contribution is -2.42. The zero-order chi connectivity index (χ0) is 13.5. The molecule has 100 valence electrons. The third-order valence-electron chi connectivity index (χ3n) is 2.85. The van der Waals surface area contributed by atoms with Gasteiger partial charge >= 0.3 is 0 Å². The van der Waals surface area contributed by atoms with Crippen molar-refractivity contribution in [1.82, 2.24) is 10.3 Å². The maximum absolute atomic E-state index is 11.9. The number of amides is 1. The first-order chi connectivity index (χ1) is 8.56. The van der Waals surface area contributed by atoms with Gasteiger partial charge in [0.25, 0.3) is 5.91 Å². The Balaban J connectivity index is 2.82. The first kappa shape index (κ1) is 14.6. The van der Waals surface area contributed by atoms with Gasteiger partial charge in [0, 0.05) is 6.54 Å². The first-order valence-corrected chi connectivity index (χ1v) is 6.00. The number of carbonyl (C=O) groups is 1. The van der Waals surface area contributed by atoms with Gasteiger partial charge < -0.3 is 5.11 Å². The largest absolute Gasteiger partial charge is 0.393 e. The zero-order valence-electron chi connectivity index (χ0n) is 10.8. The number of nitrogens with one attached hydrogen (secondary N) is 1. The van der Waals surface area contributed by atoms with E-state index in [1.54, 1.807) is 6.92 Å². The van der Waals surface area contributed by atoms with Crippen molar-refractivity contribution in [3.63, 3.8) is 0 Å². The molecule has 0 aromatic heterocycles. The number of nitrogens with zero attached hydrogens (tertiary/aromatic N) is 1. The smallest absolute Gasteiger partial charge is 0.255 e. The molecule has 2 atom stereocenters. The SMILES string of the molecule is CC(O)CCN(C)C(C(=O)NN)c1ccccc1. The standard InChI is InChI=1S/C13H21N3O2/c1-10(17)8-9-16(2)12(13(18)15-14)11-6-4-3-5-7-11/h3-7,10,12,17H,8-9,14H2,1-2H3,(H,15,18). The molecule has 5 heteroatoms. The number of aliphatic hydroxyl groups is 1. The van der Waals surface area contributed by atoms with E-state index in [2.05, 4.69) is 5.43 Å². The van der Waals surface area contributed by atoms with Crippen LogP contribution in [0.15, 0.2) is 30.3 Å². The van der Waals surface area contributed by atoms with E-state index >= 15 is 0 Å². The molecule has 1 amide bonds. The summed E-state index contributed by atoms with van der Waals surface area (Å²) in [5.41, 5.74) is 3.07. The molecule has 5 nitrogen and oxygen atoms in total. The van der Waals surface area contributed by atoms with Gasteiger partial charge in [-0.1, -0.05) is 30.3 Å². The Bertz CT molecular complexity index is 368. The molecule has 0 heterocycles. The van der Waals surface area contributed by atoms with Crippen LogP contribution in [0.1, 0.15) is 24.9 Å². The second kappa shape index (κ2) is 7.10. The molecule has 0 saturated carbocycles. The van der Waals surface area contributed by atoms with Gasteiger partial charge in [-0.2, -0.15) is 0 Å². The van der Waals surface area contributed by atoms with Gasteiger partial charge in [-0.3, -0.25) is 15.1 Å². The third-order valence-corrected chi connectivity index (χ3v) is 2.85. The molecular weight excluding hydrogens is 230 g/mol. The molecule has 0 saturated heterocycles. The molecule has 0 spiro atoms. The Kier molecular flexibility index (Phi) is 5.77. The Hall–Kier alpha value is -1.43. The first-order valence-electron chi connectivity index (χ1n) is 6.00. The van der Waals surface area contributed by atoms with Gasteiger partial charge in [-0.25, -0.2) is 5.84 Å². The van der Waals surface area contributed by atoms with Crippen LogP contribution >= 0.6 is 0 Å². The van der Waals surface area contributed by atoms with Gasteiger partial charge in [-0.15, -0.1) is 0 Å². The molecule has 4 N–H and O–H groups in total. The molecule has 0 radical (unpaired) electrons. The fourth-order valence-corrected chi connectivity index (χ4v) is 1.84. The lowest BCUT2D eigenvalue weighted by molar-refractivity contribution is -0.126. The van der Waals surface area contributed by atoms with E-state index in [0.717, 1.165) is 5.56 Å². The van der Waals surface area contributed by atoms with Gasteiger partial charge in [0.2, 0.25) is 0 Å². The van der Waals surface area contributed by atoms with E-state index in [1.807, 2.05) is 42.3 Å². The van der Waals surface area contributed by atoms with Crippen molar-refractivity contribution in [3.05, 3.63) is 35.9 Å².